The molecule has 0 aliphatic carbocycles. The van der Waals surface area contributed by atoms with Crippen LogP contribution >= 0.6 is 11.3 Å². The van der Waals surface area contributed by atoms with Gasteiger partial charge >= 0.3 is 0 Å². The van der Waals surface area contributed by atoms with E-state index in [2.05, 4.69) is 10.3 Å². The number of carbonyl (C=O) groups excluding carboxylic acids is 1. The average molecular weight is 377 g/mol. The smallest absolute Gasteiger partial charge is 0.230 e. The highest BCUT2D eigenvalue weighted by atomic mass is 32.1. The maximum Gasteiger partial charge on any atom is 0.230 e. The molecule has 0 aliphatic rings. The molecule has 0 saturated carbocycles. The number of benzene rings is 2. The van der Waals surface area contributed by atoms with Crippen LogP contribution < -0.4 is 5.32 Å². The molecule has 1 amide bonds. The summed E-state index contributed by atoms with van der Waals surface area (Å²) in [4.78, 5) is 18.0. The van der Waals surface area contributed by atoms with Crippen LogP contribution in [-0.4, -0.2) is 22.4 Å². The van der Waals surface area contributed by atoms with Crippen LogP contribution in [0.25, 0.3) is 16.2 Å². The summed E-state index contributed by atoms with van der Waals surface area (Å²) in [6, 6.07) is 17.7. The molecule has 2 aromatic heterocycles. The molecular weight excluding hydrogens is 358 g/mol. The number of imidazole rings is 1. The summed E-state index contributed by atoms with van der Waals surface area (Å²) < 4.78 is 7.13. The van der Waals surface area contributed by atoms with Gasteiger partial charge in [0.15, 0.2) is 4.96 Å². The number of rotatable bonds is 6. The molecule has 0 spiro atoms. The van der Waals surface area contributed by atoms with Crippen molar-refractivity contribution in [1.82, 2.24) is 9.38 Å². The number of methoxy groups -OCH3 is 1. The third-order valence-corrected chi connectivity index (χ3v) is 5.11. The summed E-state index contributed by atoms with van der Waals surface area (Å²) in [5.74, 6) is -0.0563. The van der Waals surface area contributed by atoms with Crippen molar-refractivity contribution in [3.05, 3.63) is 77.4 Å². The molecule has 4 rings (SSSR count). The van der Waals surface area contributed by atoms with Gasteiger partial charge in [-0.25, -0.2) is 4.98 Å². The molecule has 0 unspecified atom stereocenters. The van der Waals surface area contributed by atoms with Gasteiger partial charge in [0.25, 0.3) is 0 Å². The molecule has 1 N–H and O–H groups in total. The molecule has 27 heavy (non-hydrogen) atoms. The van der Waals surface area contributed by atoms with Crippen molar-refractivity contribution >= 4 is 27.9 Å². The van der Waals surface area contributed by atoms with Crippen molar-refractivity contribution < 1.29 is 9.53 Å². The van der Waals surface area contributed by atoms with E-state index < -0.39 is 0 Å². The Morgan fingerprint density at radius 3 is 2.85 bits per heavy atom. The number of hydrogen-bond donors (Lipinski definition) is 1. The predicted molar refractivity (Wildman–Crippen MR) is 108 cm³/mol. The second-order valence-electron chi connectivity index (χ2n) is 6.23. The molecule has 2 heterocycles. The topological polar surface area (TPSA) is 55.6 Å². The second kappa shape index (κ2) is 7.73. The van der Waals surface area contributed by atoms with Crippen molar-refractivity contribution in [1.29, 1.82) is 0 Å². The zero-order valence-corrected chi connectivity index (χ0v) is 15.7. The van der Waals surface area contributed by atoms with E-state index in [9.17, 15) is 4.79 Å². The van der Waals surface area contributed by atoms with Gasteiger partial charge in [-0.15, -0.1) is 11.3 Å². The van der Waals surface area contributed by atoms with Crippen LogP contribution in [0, 0.1) is 0 Å². The van der Waals surface area contributed by atoms with Gasteiger partial charge in [0.05, 0.1) is 18.7 Å². The summed E-state index contributed by atoms with van der Waals surface area (Å²) in [5, 5.41) is 4.94. The number of ether oxygens (including phenoxy) is 1. The summed E-state index contributed by atoms with van der Waals surface area (Å²) in [6.45, 7) is 0.520. The fourth-order valence-corrected chi connectivity index (χ4v) is 3.85. The van der Waals surface area contributed by atoms with E-state index in [1.165, 1.54) is 0 Å². The number of carbonyl (C=O) groups is 1. The van der Waals surface area contributed by atoms with Crippen LogP contribution in [0.5, 0.6) is 0 Å². The summed E-state index contributed by atoms with van der Waals surface area (Å²) in [6.07, 6.45) is 2.28. The fourth-order valence-electron chi connectivity index (χ4n) is 2.98. The van der Waals surface area contributed by atoms with Gasteiger partial charge in [-0.05, 0) is 17.7 Å². The molecule has 0 fully saturated rings. The average Bonchev–Trinajstić information content (AvgIpc) is 3.25. The molecule has 0 aliphatic heterocycles. The fraction of sp³-hybridized carbons (Fsp3) is 0.143. The van der Waals surface area contributed by atoms with Crippen LogP contribution in [0.3, 0.4) is 0 Å². The number of nitrogens with one attached hydrogen (secondary N) is 1. The van der Waals surface area contributed by atoms with E-state index in [-0.39, 0.29) is 5.91 Å². The van der Waals surface area contributed by atoms with Gasteiger partial charge < -0.3 is 10.1 Å². The lowest BCUT2D eigenvalue weighted by atomic mass is 10.2. The van der Waals surface area contributed by atoms with Gasteiger partial charge in [0, 0.05) is 35.6 Å². The van der Waals surface area contributed by atoms with Crippen LogP contribution in [0.4, 0.5) is 5.69 Å². The van der Waals surface area contributed by atoms with E-state index in [1.807, 2.05) is 70.6 Å². The van der Waals surface area contributed by atoms with Crippen molar-refractivity contribution in [2.75, 3.05) is 12.4 Å². The SMILES string of the molecule is COCc1cccc(NC(=O)Cc2csc3nc(-c4ccccc4)cn23)c1. The van der Waals surface area contributed by atoms with Gasteiger partial charge in [-0.3, -0.25) is 9.20 Å². The minimum absolute atomic E-state index is 0.0563. The first-order valence-electron chi connectivity index (χ1n) is 8.61. The van der Waals surface area contributed by atoms with Crippen LogP contribution in [0.1, 0.15) is 11.3 Å². The van der Waals surface area contributed by atoms with E-state index in [0.717, 1.165) is 33.2 Å². The van der Waals surface area contributed by atoms with Crippen molar-refractivity contribution in [3.8, 4) is 11.3 Å². The Bertz CT molecular complexity index is 1070. The van der Waals surface area contributed by atoms with E-state index >= 15 is 0 Å². The molecular formula is C21H19N3O2S. The van der Waals surface area contributed by atoms with E-state index in [4.69, 9.17) is 4.74 Å². The molecule has 0 bridgehead atoms. The highest BCUT2D eigenvalue weighted by Crippen LogP contribution is 2.24. The quantitative estimate of drug-likeness (QED) is 0.542. The van der Waals surface area contributed by atoms with Crippen molar-refractivity contribution in [2.45, 2.75) is 13.0 Å². The number of anilines is 1. The predicted octanol–water partition coefficient (Wildman–Crippen LogP) is 4.39. The summed E-state index contributed by atoms with van der Waals surface area (Å²) in [5.41, 5.74) is 4.71. The lowest BCUT2D eigenvalue weighted by Crippen LogP contribution is -2.15. The maximum atomic E-state index is 12.5. The van der Waals surface area contributed by atoms with E-state index in [0.29, 0.717) is 13.0 Å². The Labute approximate surface area is 161 Å². The van der Waals surface area contributed by atoms with Gasteiger partial charge in [-0.2, -0.15) is 0 Å². The standard InChI is InChI=1S/C21H19N3O2S/c1-26-13-15-6-5-9-17(10-15)22-20(25)11-18-14-27-21-23-19(12-24(18)21)16-7-3-2-4-8-16/h2-10,12,14H,11,13H2,1H3,(H,22,25). The number of amides is 1. The van der Waals surface area contributed by atoms with Crippen LogP contribution in [0.15, 0.2) is 66.2 Å². The highest BCUT2D eigenvalue weighted by molar-refractivity contribution is 7.15. The molecule has 6 heteroatoms. The zero-order valence-electron chi connectivity index (χ0n) is 14.9. The Balaban J connectivity index is 1.50. The first-order valence-corrected chi connectivity index (χ1v) is 9.49. The van der Waals surface area contributed by atoms with Crippen LogP contribution in [-0.2, 0) is 22.6 Å². The first-order chi connectivity index (χ1) is 13.2. The highest BCUT2D eigenvalue weighted by Gasteiger charge is 2.13. The minimum atomic E-state index is -0.0563. The number of fused-ring (bicyclic) bond motifs is 1. The first kappa shape index (κ1) is 17.5. The number of hydrogen-bond acceptors (Lipinski definition) is 4. The maximum absolute atomic E-state index is 12.5. The zero-order chi connectivity index (χ0) is 18.6. The minimum Gasteiger partial charge on any atom is -0.380 e. The Morgan fingerprint density at radius 1 is 1.19 bits per heavy atom. The normalized spacial score (nSPS) is 11.0. The monoisotopic (exact) mass is 377 g/mol. The van der Waals surface area contributed by atoms with Gasteiger partial charge in [0.2, 0.25) is 5.91 Å². The Hall–Kier alpha value is -2.96. The third kappa shape index (κ3) is 3.92. The second-order valence-corrected chi connectivity index (χ2v) is 7.07. The largest absolute Gasteiger partial charge is 0.380 e. The molecule has 5 nitrogen and oxygen atoms in total. The lowest BCUT2D eigenvalue weighted by Gasteiger charge is -2.07. The van der Waals surface area contributed by atoms with Crippen molar-refractivity contribution in [2.24, 2.45) is 0 Å². The number of aromatic nitrogens is 2. The molecule has 136 valence electrons. The molecule has 0 atom stereocenters. The number of thiazole rings is 1. The van der Waals surface area contributed by atoms with Gasteiger partial charge in [0.1, 0.15) is 0 Å². The third-order valence-electron chi connectivity index (χ3n) is 4.22. The molecule has 2 aromatic carbocycles. The Kier molecular flexibility index (Phi) is 5.00. The molecule has 0 saturated heterocycles. The molecule has 4 aromatic rings. The van der Waals surface area contributed by atoms with Gasteiger partial charge in [-0.1, -0.05) is 42.5 Å². The van der Waals surface area contributed by atoms with E-state index in [1.54, 1.807) is 18.4 Å². The Morgan fingerprint density at radius 2 is 2.04 bits per heavy atom. The summed E-state index contributed by atoms with van der Waals surface area (Å²) >= 11 is 1.54. The summed E-state index contributed by atoms with van der Waals surface area (Å²) in [7, 11) is 1.65. The van der Waals surface area contributed by atoms with Crippen LogP contribution in [0.2, 0.25) is 0 Å². The lowest BCUT2D eigenvalue weighted by molar-refractivity contribution is -0.115. The number of nitrogens with zero attached hydrogens (tertiary/aromatic N) is 2. The van der Waals surface area contributed by atoms with Crippen molar-refractivity contribution in [3.63, 3.8) is 0 Å². The molecule has 0 radical (unpaired) electrons.